The zero-order chi connectivity index (χ0) is 19.0. The minimum Gasteiger partial charge on any atom is -0.459 e. The standard InChI is InChI=1S/C18H28N2O5/c1-12(2)20(13(3)4)18(23)14(5)25-16(21)9-6-10-19-17(22)15-8-7-11-24-15/h7-8,11-14H,6,9-10H2,1-5H3,(H,19,22). The largest absolute Gasteiger partial charge is 0.459 e. The van der Waals surface area contributed by atoms with Gasteiger partial charge in [-0.15, -0.1) is 0 Å². The first-order valence-electron chi connectivity index (χ1n) is 8.57. The molecule has 1 atom stereocenters. The highest BCUT2D eigenvalue weighted by Crippen LogP contribution is 2.10. The average molecular weight is 352 g/mol. The predicted molar refractivity (Wildman–Crippen MR) is 92.9 cm³/mol. The summed E-state index contributed by atoms with van der Waals surface area (Å²) in [5.41, 5.74) is 0. The van der Waals surface area contributed by atoms with Gasteiger partial charge in [-0.3, -0.25) is 14.4 Å². The third kappa shape index (κ3) is 6.60. The van der Waals surface area contributed by atoms with Crippen molar-refractivity contribution >= 4 is 17.8 Å². The van der Waals surface area contributed by atoms with E-state index in [1.807, 2.05) is 27.7 Å². The Labute approximate surface area is 148 Å². The molecular formula is C18H28N2O5. The molecule has 7 heteroatoms. The Bertz CT molecular complexity index is 558. The number of hydrogen-bond donors (Lipinski definition) is 1. The van der Waals surface area contributed by atoms with E-state index in [0.29, 0.717) is 13.0 Å². The maximum Gasteiger partial charge on any atom is 0.306 e. The van der Waals surface area contributed by atoms with Crippen molar-refractivity contribution in [1.82, 2.24) is 10.2 Å². The molecule has 0 aliphatic rings. The number of ether oxygens (including phenoxy) is 1. The number of nitrogens with zero attached hydrogens (tertiary/aromatic N) is 1. The summed E-state index contributed by atoms with van der Waals surface area (Å²) < 4.78 is 10.2. The van der Waals surface area contributed by atoms with Crippen LogP contribution in [0, 0.1) is 0 Å². The van der Waals surface area contributed by atoms with Gasteiger partial charge < -0.3 is 19.4 Å². The summed E-state index contributed by atoms with van der Waals surface area (Å²) in [6, 6.07) is 3.25. The summed E-state index contributed by atoms with van der Waals surface area (Å²) in [5, 5.41) is 2.65. The number of carbonyl (C=O) groups excluding carboxylic acids is 3. The van der Waals surface area contributed by atoms with Crippen molar-refractivity contribution < 1.29 is 23.5 Å². The molecule has 1 heterocycles. The van der Waals surface area contributed by atoms with Gasteiger partial charge in [0, 0.05) is 25.0 Å². The maximum atomic E-state index is 12.4. The van der Waals surface area contributed by atoms with Crippen LogP contribution >= 0.6 is 0 Å². The van der Waals surface area contributed by atoms with Gasteiger partial charge in [0.05, 0.1) is 6.26 Å². The van der Waals surface area contributed by atoms with Crippen LogP contribution in [0.1, 0.15) is 58.0 Å². The van der Waals surface area contributed by atoms with Gasteiger partial charge in [-0.05, 0) is 53.2 Å². The van der Waals surface area contributed by atoms with E-state index in [0.717, 1.165) is 0 Å². The van der Waals surface area contributed by atoms with Gasteiger partial charge in [0.2, 0.25) is 0 Å². The first kappa shape index (κ1) is 20.7. The molecule has 1 N–H and O–H groups in total. The van der Waals surface area contributed by atoms with E-state index in [1.165, 1.54) is 6.26 Å². The topological polar surface area (TPSA) is 88.8 Å². The van der Waals surface area contributed by atoms with Crippen LogP contribution in [0.5, 0.6) is 0 Å². The second-order valence-corrected chi connectivity index (χ2v) is 6.40. The summed E-state index contributed by atoms with van der Waals surface area (Å²) in [6.07, 6.45) is 1.14. The fraction of sp³-hybridized carbons (Fsp3) is 0.611. The molecule has 1 unspecified atom stereocenters. The summed E-state index contributed by atoms with van der Waals surface area (Å²) in [7, 11) is 0. The molecule has 2 amide bonds. The third-order valence-electron chi connectivity index (χ3n) is 3.61. The molecule has 0 bridgehead atoms. The number of carbonyl (C=O) groups is 3. The minimum atomic E-state index is -0.824. The fourth-order valence-electron chi connectivity index (χ4n) is 2.55. The van der Waals surface area contributed by atoms with Gasteiger partial charge in [0.1, 0.15) is 0 Å². The number of nitrogens with one attached hydrogen (secondary N) is 1. The minimum absolute atomic E-state index is 0.0328. The van der Waals surface area contributed by atoms with Crippen molar-refractivity contribution in [2.45, 2.75) is 65.6 Å². The zero-order valence-corrected chi connectivity index (χ0v) is 15.6. The molecule has 0 aliphatic heterocycles. The summed E-state index contributed by atoms with van der Waals surface area (Å²) in [5.74, 6) is -0.763. The van der Waals surface area contributed by atoms with Crippen LogP contribution in [-0.4, -0.2) is 47.4 Å². The summed E-state index contributed by atoms with van der Waals surface area (Å²) in [4.78, 5) is 37.6. The van der Waals surface area contributed by atoms with E-state index in [2.05, 4.69) is 5.32 Å². The molecule has 0 aromatic carbocycles. The van der Waals surface area contributed by atoms with Crippen molar-refractivity contribution in [2.75, 3.05) is 6.54 Å². The first-order chi connectivity index (χ1) is 11.7. The van der Waals surface area contributed by atoms with Crippen molar-refractivity contribution in [1.29, 1.82) is 0 Å². The number of esters is 1. The molecule has 1 aromatic rings. The lowest BCUT2D eigenvalue weighted by atomic mass is 10.2. The Morgan fingerprint density at radius 2 is 1.80 bits per heavy atom. The molecule has 140 valence electrons. The quantitative estimate of drug-likeness (QED) is 0.544. The molecule has 7 nitrogen and oxygen atoms in total. The van der Waals surface area contributed by atoms with Gasteiger partial charge in [0.25, 0.3) is 11.8 Å². The monoisotopic (exact) mass is 352 g/mol. The van der Waals surface area contributed by atoms with Crippen molar-refractivity contribution in [3.05, 3.63) is 24.2 Å². The molecule has 1 rings (SSSR count). The van der Waals surface area contributed by atoms with E-state index >= 15 is 0 Å². The Morgan fingerprint density at radius 1 is 1.16 bits per heavy atom. The lowest BCUT2D eigenvalue weighted by Crippen LogP contribution is -2.47. The molecule has 25 heavy (non-hydrogen) atoms. The van der Waals surface area contributed by atoms with Crippen LogP contribution < -0.4 is 5.32 Å². The maximum absolute atomic E-state index is 12.4. The number of rotatable bonds is 9. The molecule has 0 fully saturated rings. The Hall–Kier alpha value is -2.31. The zero-order valence-electron chi connectivity index (χ0n) is 15.6. The highest BCUT2D eigenvalue weighted by Gasteiger charge is 2.27. The average Bonchev–Trinajstić information content (AvgIpc) is 3.04. The van der Waals surface area contributed by atoms with Crippen LogP contribution in [-0.2, 0) is 14.3 Å². The van der Waals surface area contributed by atoms with E-state index in [4.69, 9.17) is 9.15 Å². The second-order valence-electron chi connectivity index (χ2n) is 6.40. The van der Waals surface area contributed by atoms with Crippen LogP contribution in [0.3, 0.4) is 0 Å². The second kappa shape index (κ2) is 9.86. The first-order valence-corrected chi connectivity index (χ1v) is 8.57. The van der Waals surface area contributed by atoms with Crippen LogP contribution in [0.15, 0.2) is 22.8 Å². The van der Waals surface area contributed by atoms with Gasteiger partial charge in [-0.25, -0.2) is 0 Å². The van der Waals surface area contributed by atoms with Crippen LogP contribution in [0.2, 0.25) is 0 Å². The third-order valence-corrected chi connectivity index (χ3v) is 3.61. The van der Waals surface area contributed by atoms with Gasteiger partial charge in [-0.1, -0.05) is 0 Å². The molecular weight excluding hydrogens is 324 g/mol. The van der Waals surface area contributed by atoms with Crippen molar-refractivity contribution in [3.8, 4) is 0 Å². The van der Waals surface area contributed by atoms with Crippen molar-refractivity contribution in [3.63, 3.8) is 0 Å². The summed E-state index contributed by atoms with van der Waals surface area (Å²) in [6.45, 7) is 9.60. The molecule has 0 spiro atoms. The van der Waals surface area contributed by atoms with E-state index in [-0.39, 0.29) is 36.1 Å². The van der Waals surface area contributed by atoms with Crippen LogP contribution in [0.25, 0.3) is 0 Å². The van der Waals surface area contributed by atoms with Gasteiger partial charge in [0.15, 0.2) is 11.9 Å². The number of amides is 2. The Kier molecular flexibility index (Phi) is 8.18. The Balaban J connectivity index is 2.33. The molecule has 0 saturated carbocycles. The molecule has 0 aliphatic carbocycles. The number of hydrogen-bond acceptors (Lipinski definition) is 5. The lowest BCUT2D eigenvalue weighted by molar-refractivity contribution is -0.161. The van der Waals surface area contributed by atoms with Crippen molar-refractivity contribution in [2.24, 2.45) is 0 Å². The lowest BCUT2D eigenvalue weighted by Gasteiger charge is -2.32. The molecule has 1 aromatic heterocycles. The SMILES string of the molecule is CC(OC(=O)CCCNC(=O)c1ccco1)C(=O)N(C(C)C)C(C)C. The normalized spacial score (nSPS) is 12.1. The highest BCUT2D eigenvalue weighted by atomic mass is 16.5. The number of furan rings is 1. The van der Waals surface area contributed by atoms with E-state index in [9.17, 15) is 14.4 Å². The van der Waals surface area contributed by atoms with Gasteiger partial charge >= 0.3 is 5.97 Å². The Morgan fingerprint density at radius 3 is 2.32 bits per heavy atom. The van der Waals surface area contributed by atoms with E-state index in [1.54, 1.807) is 24.0 Å². The fourth-order valence-corrected chi connectivity index (χ4v) is 2.55. The van der Waals surface area contributed by atoms with Crippen LogP contribution in [0.4, 0.5) is 0 Å². The highest BCUT2D eigenvalue weighted by molar-refractivity contribution is 5.91. The molecule has 0 radical (unpaired) electrons. The summed E-state index contributed by atoms with van der Waals surface area (Å²) >= 11 is 0. The predicted octanol–water partition coefficient (Wildman–Crippen LogP) is 2.37. The van der Waals surface area contributed by atoms with Gasteiger partial charge in [-0.2, -0.15) is 0 Å². The smallest absolute Gasteiger partial charge is 0.306 e. The molecule has 0 saturated heterocycles. The van der Waals surface area contributed by atoms with E-state index < -0.39 is 12.1 Å².